The van der Waals surface area contributed by atoms with Gasteiger partial charge in [-0.1, -0.05) is 12.1 Å². The Balaban J connectivity index is 2.31. The van der Waals surface area contributed by atoms with Crippen LogP contribution in [0.4, 0.5) is 5.69 Å². The molecule has 0 spiro atoms. The summed E-state index contributed by atoms with van der Waals surface area (Å²) in [6, 6.07) is 8.50. The van der Waals surface area contributed by atoms with Crippen LogP contribution in [0.5, 0.6) is 0 Å². The van der Waals surface area contributed by atoms with Gasteiger partial charge in [0.05, 0.1) is 0 Å². The van der Waals surface area contributed by atoms with Gasteiger partial charge in [0.15, 0.2) is 5.96 Å². The second-order valence-electron chi connectivity index (χ2n) is 4.96. The molecule has 0 radical (unpaired) electrons. The van der Waals surface area contributed by atoms with Crippen LogP contribution in [0.25, 0.3) is 0 Å². The van der Waals surface area contributed by atoms with Crippen molar-refractivity contribution in [2.24, 2.45) is 4.99 Å². The van der Waals surface area contributed by atoms with Crippen LogP contribution in [0.15, 0.2) is 29.3 Å². The molecule has 0 aliphatic carbocycles. The van der Waals surface area contributed by atoms with Crippen molar-refractivity contribution in [2.75, 3.05) is 45.8 Å². The summed E-state index contributed by atoms with van der Waals surface area (Å²) in [6.07, 6.45) is 0.978. The quantitative estimate of drug-likeness (QED) is 0.436. The molecule has 0 saturated carbocycles. The van der Waals surface area contributed by atoms with Gasteiger partial charge >= 0.3 is 0 Å². The van der Waals surface area contributed by atoms with Crippen LogP contribution in [0.3, 0.4) is 0 Å². The SMILES string of the molecule is CCOCCCNC(=NC)NCc1ccc(N(C)C)cc1. The van der Waals surface area contributed by atoms with E-state index < -0.39 is 0 Å². The van der Waals surface area contributed by atoms with Crippen LogP contribution in [0, 0.1) is 0 Å². The molecule has 0 fully saturated rings. The maximum absolute atomic E-state index is 5.30. The van der Waals surface area contributed by atoms with Gasteiger partial charge in [-0.3, -0.25) is 4.99 Å². The number of anilines is 1. The van der Waals surface area contributed by atoms with Crippen molar-refractivity contribution in [1.82, 2.24) is 10.6 Å². The minimum Gasteiger partial charge on any atom is -0.382 e. The summed E-state index contributed by atoms with van der Waals surface area (Å²) in [4.78, 5) is 6.31. The number of hydrogen-bond donors (Lipinski definition) is 2. The summed E-state index contributed by atoms with van der Waals surface area (Å²) < 4.78 is 5.30. The third-order valence-electron chi connectivity index (χ3n) is 3.10. The van der Waals surface area contributed by atoms with E-state index in [0.29, 0.717) is 0 Å². The van der Waals surface area contributed by atoms with Gasteiger partial charge in [0, 0.05) is 53.1 Å². The Hall–Kier alpha value is -1.75. The number of hydrogen-bond acceptors (Lipinski definition) is 3. The Morgan fingerprint density at radius 2 is 1.90 bits per heavy atom. The topological polar surface area (TPSA) is 48.9 Å². The van der Waals surface area contributed by atoms with Crippen molar-refractivity contribution in [3.8, 4) is 0 Å². The highest BCUT2D eigenvalue weighted by Gasteiger charge is 1.99. The van der Waals surface area contributed by atoms with E-state index in [0.717, 1.165) is 38.7 Å². The van der Waals surface area contributed by atoms with E-state index in [2.05, 4.69) is 44.8 Å². The summed E-state index contributed by atoms with van der Waals surface area (Å²) in [5.74, 6) is 0.822. The number of nitrogens with zero attached hydrogens (tertiary/aromatic N) is 2. The lowest BCUT2D eigenvalue weighted by atomic mass is 10.2. The fourth-order valence-corrected chi connectivity index (χ4v) is 1.84. The predicted molar refractivity (Wildman–Crippen MR) is 90.1 cm³/mol. The van der Waals surface area contributed by atoms with Gasteiger partial charge in [0.25, 0.3) is 0 Å². The summed E-state index contributed by atoms with van der Waals surface area (Å²) >= 11 is 0. The highest BCUT2D eigenvalue weighted by molar-refractivity contribution is 5.79. The van der Waals surface area contributed by atoms with Gasteiger partial charge < -0.3 is 20.3 Å². The lowest BCUT2D eigenvalue weighted by molar-refractivity contribution is 0.145. The Morgan fingerprint density at radius 3 is 2.48 bits per heavy atom. The van der Waals surface area contributed by atoms with Gasteiger partial charge in [-0.2, -0.15) is 0 Å². The Labute approximate surface area is 128 Å². The zero-order valence-corrected chi connectivity index (χ0v) is 13.6. The van der Waals surface area contributed by atoms with E-state index >= 15 is 0 Å². The first kappa shape index (κ1) is 17.3. The molecule has 0 bridgehead atoms. The molecule has 0 aliphatic rings. The molecule has 1 aromatic rings. The van der Waals surface area contributed by atoms with Crippen LogP contribution in [-0.2, 0) is 11.3 Å². The molecule has 0 saturated heterocycles. The van der Waals surface area contributed by atoms with E-state index in [1.807, 2.05) is 21.0 Å². The number of aliphatic imine (C=N–C) groups is 1. The van der Waals surface area contributed by atoms with Crippen LogP contribution < -0.4 is 15.5 Å². The zero-order valence-electron chi connectivity index (χ0n) is 13.6. The molecule has 118 valence electrons. The van der Waals surface area contributed by atoms with Gasteiger partial charge in [0.2, 0.25) is 0 Å². The van der Waals surface area contributed by atoms with E-state index in [1.54, 1.807) is 7.05 Å². The molecule has 21 heavy (non-hydrogen) atoms. The molecule has 0 amide bonds. The molecule has 1 rings (SSSR count). The second kappa shape index (κ2) is 10.0. The summed E-state index contributed by atoms with van der Waals surface area (Å²) in [6.45, 7) is 5.19. The summed E-state index contributed by atoms with van der Waals surface area (Å²) in [5, 5.41) is 6.59. The van der Waals surface area contributed by atoms with Crippen molar-refractivity contribution in [3.63, 3.8) is 0 Å². The Bertz CT molecular complexity index is 415. The van der Waals surface area contributed by atoms with Gasteiger partial charge in [0.1, 0.15) is 0 Å². The molecule has 0 aromatic heterocycles. The summed E-state index contributed by atoms with van der Waals surface area (Å²) in [5.41, 5.74) is 2.44. The average Bonchev–Trinajstić information content (AvgIpc) is 2.50. The molecule has 0 aliphatic heterocycles. The standard InChI is InChI=1S/C16H28N4O/c1-5-21-12-6-11-18-16(17-2)19-13-14-7-9-15(10-8-14)20(3)4/h7-10H,5-6,11-13H2,1-4H3,(H2,17,18,19). The molecule has 5 nitrogen and oxygen atoms in total. The normalized spacial score (nSPS) is 11.3. The number of nitrogens with one attached hydrogen (secondary N) is 2. The van der Waals surface area contributed by atoms with Gasteiger partial charge in [-0.25, -0.2) is 0 Å². The fourth-order valence-electron chi connectivity index (χ4n) is 1.84. The predicted octanol–water partition coefficient (Wildman–Crippen LogP) is 1.84. The van der Waals surface area contributed by atoms with E-state index in [1.165, 1.54) is 11.3 Å². The van der Waals surface area contributed by atoms with Crippen molar-refractivity contribution in [2.45, 2.75) is 19.9 Å². The first-order chi connectivity index (χ1) is 10.2. The molecular formula is C16H28N4O. The average molecular weight is 292 g/mol. The van der Waals surface area contributed by atoms with Crippen LogP contribution >= 0.6 is 0 Å². The molecule has 1 aromatic carbocycles. The van der Waals surface area contributed by atoms with Crippen LogP contribution in [-0.4, -0.2) is 46.9 Å². The highest BCUT2D eigenvalue weighted by atomic mass is 16.5. The minimum atomic E-state index is 0.763. The maximum atomic E-state index is 5.30. The second-order valence-corrected chi connectivity index (χ2v) is 4.96. The summed E-state index contributed by atoms with van der Waals surface area (Å²) in [7, 11) is 5.87. The van der Waals surface area contributed by atoms with Crippen molar-refractivity contribution in [3.05, 3.63) is 29.8 Å². The minimum absolute atomic E-state index is 0.763. The molecular weight excluding hydrogens is 264 g/mol. The largest absolute Gasteiger partial charge is 0.382 e. The molecule has 0 atom stereocenters. The van der Waals surface area contributed by atoms with Crippen LogP contribution in [0.2, 0.25) is 0 Å². The fraction of sp³-hybridized carbons (Fsp3) is 0.562. The number of ether oxygens (including phenoxy) is 1. The third-order valence-corrected chi connectivity index (χ3v) is 3.10. The molecule has 2 N–H and O–H groups in total. The third kappa shape index (κ3) is 6.99. The first-order valence-electron chi connectivity index (χ1n) is 7.46. The Kier molecular flexibility index (Phi) is 8.28. The smallest absolute Gasteiger partial charge is 0.191 e. The molecule has 5 heteroatoms. The number of guanidine groups is 1. The monoisotopic (exact) mass is 292 g/mol. The van der Waals surface area contributed by atoms with Gasteiger partial charge in [-0.05, 0) is 31.0 Å². The van der Waals surface area contributed by atoms with E-state index in [9.17, 15) is 0 Å². The lowest BCUT2D eigenvalue weighted by Crippen LogP contribution is -2.37. The molecule has 0 heterocycles. The van der Waals surface area contributed by atoms with Crippen LogP contribution in [0.1, 0.15) is 18.9 Å². The number of rotatable bonds is 8. The Morgan fingerprint density at radius 1 is 1.19 bits per heavy atom. The molecule has 0 unspecified atom stereocenters. The van der Waals surface area contributed by atoms with E-state index in [4.69, 9.17) is 4.74 Å². The van der Waals surface area contributed by atoms with Crippen molar-refractivity contribution in [1.29, 1.82) is 0 Å². The van der Waals surface area contributed by atoms with Crippen molar-refractivity contribution >= 4 is 11.6 Å². The highest BCUT2D eigenvalue weighted by Crippen LogP contribution is 2.11. The zero-order chi connectivity index (χ0) is 15.5. The van der Waals surface area contributed by atoms with E-state index in [-0.39, 0.29) is 0 Å². The first-order valence-corrected chi connectivity index (χ1v) is 7.46. The van der Waals surface area contributed by atoms with Crippen molar-refractivity contribution < 1.29 is 4.74 Å². The lowest BCUT2D eigenvalue weighted by Gasteiger charge is -2.14. The maximum Gasteiger partial charge on any atom is 0.191 e. The van der Waals surface area contributed by atoms with Gasteiger partial charge in [-0.15, -0.1) is 0 Å². The number of benzene rings is 1.